The fourth-order valence-corrected chi connectivity index (χ4v) is 2.77. The molecule has 0 bridgehead atoms. The lowest BCUT2D eigenvalue weighted by molar-refractivity contribution is -0.122. The van der Waals surface area contributed by atoms with Gasteiger partial charge in [-0.1, -0.05) is 19.9 Å². The smallest absolute Gasteiger partial charge is 0.252 e. The highest BCUT2D eigenvalue weighted by atomic mass is 32.1. The summed E-state index contributed by atoms with van der Waals surface area (Å²) in [5, 5.41) is 17.5. The molecule has 6 nitrogen and oxygen atoms in total. The lowest BCUT2D eigenvalue weighted by Crippen LogP contribution is -2.33. The summed E-state index contributed by atoms with van der Waals surface area (Å²) in [4.78, 5) is 16.9. The van der Waals surface area contributed by atoms with Crippen LogP contribution in [0.1, 0.15) is 30.6 Å². The summed E-state index contributed by atoms with van der Waals surface area (Å²) < 4.78 is 1.36. The highest BCUT2D eigenvalue weighted by molar-refractivity contribution is 7.10. The monoisotopic (exact) mass is 289 g/mol. The second-order valence-electron chi connectivity index (χ2n) is 4.68. The maximum absolute atomic E-state index is 12.0. The van der Waals surface area contributed by atoms with Crippen molar-refractivity contribution >= 4 is 17.2 Å². The van der Waals surface area contributed by atoms with E-state index >= 15 is 0 Å². The Hall–Kier alpha value is -2.20. The maximum Gasteiger partial charge on any atom is 0.252 e. The van der Waals surface area contributed by atoms with Crippen molar-refractivity contribution in [3.63, 3.8) is 0 Å². The molecule has 2 aromatic heterocycles. The van der Waals surface area contributed by atoms with Gasteiger partial charge in [-0.25, -0.2) is 9.67 Å². The molecule has 20 heavy (non-hydrogen) atoms. The van der Waals surface area contributed by atoms with E-state index in [0.717, 1.165) is 4.88 Å². The average molecular weight is 289 g/mol. The molecule has 0 aliphatic heterocycles. The Labute approximate surface area is 121 Å². The van der Waals surface area contributed by atoms with Crippen LogP contribution in [0.2, 0.25) is 0 Å². The largest absolute Gasteiger partial charge is 0.347 e. The van der Waals surface area contributed by atoms with Crippen LogP contribution in [0.3, 0.4) is 0 Å². The summed E-state index contributed by atoms with van der Waals surface area (Å²) in [5.41, 5.74) is 0. The molecule has 0 aliphatic rings. The zero-order valence-corrected chi connectivity index (χ0v) is 12.1. The molecule has 0 spiro atoms. The van der Waals surface area contributed by atoms with Crippen molar-refractivity contribution in [3.8, 4) is 6.07 Å². The summed E-state index contributed by atoms with van der Waals surface area (Å²) >= 11 is 1.62. The number of nitriles is 1. The molecule has 0 aliphatic carbocycles. The van der Waals surface area contributed by atoms with Crippen molar-refractivity contribution in [2.45, 2.75) is 26.4 Å². The van der Waals surface area contributed by atoms with Crippen LogP contribution in [0, 0.1) is 17.2 Å². The molecule has 7 heteroatoms. The predicted molar refractivity (Wildman–Crippen MR) is 74.8 cm³/mol. The van der Waals surface area contributed by atoms with E-state index in [2.05, 4.69) is 29.2 Å². The van der Waals surface area contributed by atoms with Crippen LogP contribution >= 0.6 is 11.3 Å². The molecular weight excluding hydrogens is 274 g/mol. The quantitative estimate of drug-likeness (QED) is 0.908. The number of hydrogen-bond donors (Lipinski definition) is 1. The predicted octanol–water partition coefficient (Wildman–Crippen LogP) is 1.72. The van der Waals surface area contributed by atoms with Gasteiger partial charge >= 0.3 is 0 Å². The summed E-state index contributed by atoms with van der Waals surface area (Å²) in [6.07, 6.45) is 1.38. The lowest BCUT2D eigenvalue weighted by Gasteiger charge is -2.21. The minimum Gasteiger partial charge on any atom is -0.347 e. The first-order chi connectivity index (χ1) is 9.60. The molecule has 2 rings (SSSR count). The molecule has 0 radical (unpaired) electrons. The number of amides is 1. The Morgan fingerprint density at radius 2 is 2.40 bits per heavy atom. The van der Waals surface area contributed by atoms with E-state index in [-0.39, 0.29) is 24.3 Å². The Kier molecular flexibility index (Phi) is 4.48. The Bertz CT molecular complexity index is 611. The van der Waals surface area contributed by atoms with Gasteiger partial charge in [0.25, 0.3) is 5.82 Å². The van der Waals surface area contributed by atoms with Crippen molar-refractivity contribution < 1.29 is 4.79 Å². The molecule has 0 aromatic carbocycles. The molecular formula is C13H15N5OS. The molecule has 2 aromatic rings. The summed E-state index contributed by atoms with van der Waals surface area (Å²) in [7, 11) is 0. The van der Waals surface area contributed by atoms with Crippen LogP contribution in [-0.4, -0.2) is 20.7 Å². The van der Waals surface area contributed by atoms with Gasteiger partial charge in [-0.05, 0) is 17.4 Å². The normalized spacial score (nSPS) is 12.1. The number of nitrogens with zero attached hydrogens (tertiary/aromatic N) is 4. The highest BCUT2D eigenvalue weighted by Gasteiger charge is 2.19. The molecule has 0 saturated heterocycles. The topological polar surface area (TPSA) is 83.6 Å². The summed E-state index contributed by atoms with van der Waals surface area (Å²) in [5.74, 6) is 0.214. The van der Waals surface area contributed by atoms with Crippen LogP contribution < -0.4 is 5.32 Å². The average Bonchev–Trinajstić information content (AvgIpc) is 3.06. The second-order valence-corrected chi connectivity index (χ2v) is 5.66. The van der Waals surface area contributed by atoms with Gasteiger partial charge in [-0.3, -0.25) is 4.79 Å². The van der Waals surface area contributed by atoms with Crippen LogP contribution in [0.15, 0.2) is 23.8 Å². The zero-order chi connectivity index (χ0) is 14.5. The van der Waals surface area contributed by atoms with Gasteiger partial charge in [0.1, 0.15) is 18.9 Å². The highest BCUT2D eigenvalue weighted by Crippen LogP contribution is 2.25. The zero-order valence-electron chi connectivity index (χ0n) is 11.3. The molecule has 0 fully saturated rings. The van der Waals surface area contributed by atoms with E-state index in [1.165, 1.54) is 11.0 Å². The Morgan fingerprint density at radius 3 is 2.95 bits per heavy atom. The van der Waals surface area contributed by atoms with E-state index < -0.39 is 0 Å². The molecule has 104 valence electrons. The van der Waals surface area contributed by atoms with Gasteiger partial charge in [-0.15, -0.1) is 16.4 Å². The maximum atomic E-state index is 12.0. The van der Waals surface area contributed by atoms with E-state index in [1.54, 1.807) is 11.3 Å². The number of hydrogen-bond acceptors (Lipinski definition) is 5. The SMILES string of the molecule is CC(C)[C@@H](NC(=O)Cn1cnc(C#N)n1)c1cccs1. The lowest BCUT2D eigenvalue weighted by atomic mass is 10.0. The van der Waals surface area contributed by atoms with E-state index in [9.17, 15) is 4.79 Å². The number of thiophene rings is 1. The minimum absolute atomic E-state index is 0.0125. The molecule has 1 amide bonds. The van der Waals surface area contributed by atoms with Crippen LogP contribution in [0.5, 0.6) is 0 Å². The van der Waals surface area contributed by atoms with Gasteiger partial charge in [0, 0.05) is 4.88 Å². The first kappa shape index (κ1) is 14.2. The number of aromatic nitrogens is 3. The third-order valence-corrected chi connectivity index (χ3v) is 3.73. The van der Waals surface area contributed by atoms with Gasteiger partial charge in [-0.2, -0.15) is 5.26 Å². The van der Waals surface area contributed by atoms with Gasteiger partial charge in [0.15, 0.2) is 0 Å². The van der Waals surface area contributed by atoms with Crippen LogP contribution in [-0.2, 0) is 11.3 Å². The van der Waals surface area contributed by atoms with E-state index in [1.807, 2.05) is 23.6 Å². The third-order valence-electron chi connectivity index (χ3n) is 2.77. The molecule has 2 heterocycles. The van der Waals surface area contributed by atoms with Gasteiger partial charge < -0.3 is 5.32 Å². The first-order valence-electron chi connectivity index (χ1n) is 6.22. The first-order valence-corrected chi connectivity index (χ1v) is 7.10. The Morgan fingerprint density at radius 1 is 1.60 bits per heavy atom. The van der Waals surface area contributed by atoms with Crippen LogP contribution in [0.4, 0.5) is 0 Å². The standard InChI is InChI=1S/C13H15N5OS/c1-9(2)13(10-4-3-5-20-10)16-12(19)7-18-8-15-11(6-14)17-18/h3-5,8-9,13H,7H2,1-2H3,(H,16,19)/t13-/m1/s1. The van der Waals surface area contributed by atoms with Gasteiger partial charge in [0.05, 0.1) is 6.04 Å². The van der Waals surface area contributed by atoms with E-state index in [0.29, 0.717) is 5.92 Å². The van der Waals surface area contributed by atoms with Crippen molar-refractivity contribution in [2.24, 2.45) is 5.92 Å². The number of carbonyl (C=O) groups is 1. The minimum atomic E-state index is -0.147. The number of nitrogens with one attached hydrogen (secondary N) is 1. The second kappa shape index (κ2) is 6.30. The molecule has 0 unspecified atom stereocenters. The summed E-state index contributed by atoms with van der Waals surface area (Å²) in [6, 6.07) is 5.80. The van der Waals surface area contributed by atoms with Crippen molar-refractivity contribution in [3.05, 3.63) is 34.5 Å². The third kappa shape index (κ3) is 3.42. The Balaban J connectivity index is 2.00. The summed E-state index contributed by atoms with van der Waals surface area (Å²) in [6.45, 7) is 4.19. The van der Waals surface area contributed by atoms with Gasteiger partial charge in [0.2, 0.25) is 5.91 Å². The molecule has 1 atom stereocenters. The molecule has 1 N–H and O–H groups in total. The fraction of sp³-hybridized carbons (Fsp3) is 0.385. The number of rotatable bonds is 5. The molecule has 0 saturated carbocycles. The number of carbonyl (C=O) groups excluding carboxylic acids is 1. The van der Waals surface area contributed by atoms with Crippen LogP contribution in [0.25, 0.3) is 0 Å². The fourth-order valence-electron chi connectivity index (χ4n) is 1.82. The van der Waals surface area contributed by atoms with Crippen molar-refractivity contribution in [1.82, 2.24) is 20.1 Å². The van der Waals surface area contributed by atoms with E-state index in [4.69, 9.17) is 5.26 Å². The van der Waals surface area contributed by atoms with Crippen molar-refractivity contribution in [1.29, 1.82) is 5.26 Å². The van der Waals surface area contributed by atoms with Crippen molar-refractivity contribution in [2.75, 3.05) is 0 Å².